The highest BCUT2D eigenvalue weighted by atomic mass is 16.5. The quantitative estimate of drug-likeness (QED) is 0.364. The zero-order chi connectivity index (χ0) is 20.8. The lowest BCUT2D eigenvalue weighted by atomic mass is 9.89. The van der Waals surface area contributed by atoms with Crippen LogP contribution in [0, 0.1) is 6.92 Å². The highest BCUT2D eigenvalue weighted by Crippen LogP contribution is 2.28. The minimum atomic E-state index is -0.267. The fraction of sp³-hybridized carbons (Fsp3) is 0.154. The number of aromatic nitrogens is 1. The van der Waals surface area contributed by atoms with Crippen LogP contribution in [0.3, 0.4) is 0 Å². The summed E-state index contributed by atoms with van der Waals surface area (Å²) in [7, 11) is 0. The van der Waals surface area contributed by atoms with Crippen LogP contribution in [0.1, 0.15) is 34.9 Å². The predicted molar refractivity (Wildman–Crippen MR) is 116 cm³/mol. The first-order chi connectivity index (χ1) is 14.7. The largest absolute Gasteiger partial charge is 0.459 e. The van der Waals surface area contributed by atoms with E-state index < -0.39 is 0 Å². The maximum atomic E-state index is 12.7. The van der Waals surface area contributed by atoms with E-state index in [1.54, 1.807) is 0 Å². The summed E-state index contributed by atoms with van der Waals surface area (Å²) in [5.74, 6) is 0.865. The zero-order valence-corrected chi connectivity index (χ0v) is 16.8. The van der Waals surface area contributed by atoms with Crippen molar-refractivity contribution in [3.05, 3.63) is 114 Å². The molecule has 0 aliphatic carbocycles. The number of hydrogen-bond acceptors (Lipinski definition) is 4. The van der Waals surface area contributed by atoms with E-state index in [1.807, 2.05) is 97.9 Å². The van der Waals surface area contributed by atoms with Gasteiger partial charge in [0.05, 0.1) is 6.42 Å². The number of aryl methyl sites for hydroxylation is 1. The lowest BCUT2D eigenvalue weighted by Gasteiger charge is -2.17. The molecular formula is C26H23NO3. The molecule has 150 valence electrons. The lowest BCUT2D eigenvalue weighted by molar-refractivity contribution is -0.145. The maximum absolute atomic E-state index is 12.7. The van der Waals surface area contributed by atoms with Gasteiger partial charge in [0.2, 0.25) is 5.89 Å². The van der Waals surface area contributed by atoms with Gasteiger partial charge in [-0.1, -0.05) is 78.9 Å². The van der Waals surface area contributed by atoms with Crippen molar-refractivity contribution in [3.8, 4) is 11.5 Å². The Bertz CT molecular complexity index is 1050. The Kier molecular flexibility index (Phi) is 6.04. The van der Waals surface area contributed by atoms with E-state index in [0.717, 1.165) is 16.7 Å². The molecule has 4 aromatic rings. The smallest absolute Gasteiger partial charge is 0.307 e. The number of oxazole rings is 1. The molecule has 0 radical (unpaired) electrons. The fourth-order valence-electron chi connectivity index (χ4n) is 3.44. The normalized spacial score (nSPS) is 10.9. The standard InChI is InChI=1S/C26H23NO3/c1-19-24(27-26(30-19)22-15-9-4-10-16-22)18-29-25(28)17-23(20-11-5-2-6-12-20)21-13-7-3-8-14-21/h2-16,23H,17-18H2,1H3. The topological polar surface area (TPSA) is 52.3 Å². The van der Waals surface area contributed by atoms with E-state index in [9.17, 15) is 4.79 Å². The number of ether oxygens (including phenoxy) is 1. The number of rotatable bonds is 7. The number of carbonyl (C=O) groups is 1. The van der Waals surface area contributed by atoms with Gasteiger partial charge in [0.15, 0.2) is 0 Å². The van der Waals surface area contributed by atoms with Crippen LogP contribution in [-0.4, -0.2) is 11.0 Å². The fourth-order valence-corrected chi connectivity index (χ4v) is 3.44. The summed E-state index contributed by atoms with van der Waals surface area (Å²) in [4.78, 5) is 17.2. The van der Waals surface area contributed by atoms with E-state index in [1.165, 1.54) is 0 Å². The average Bonchev–Trinajstić information content (AvgIpc) is 3.18. The third-order valence-electron chi connectivity index (χ3n) is 5.06. The molecule has 0 unspecified atom stereocenters. The van der Waals surface area contributed by atoms with Crippen LogP contribution >= 0.6 is 0 Å². The maximum Gasteiger partial charge on any atom is 0.307 e. The van der Waals surface area contributed by atoms with Gasteiger partial charge in [-0.15, -0.1) is 0 Å². The van der Waals surface area contributed by atoms with Crippen LogP contribution in [0.5, 0.6) is 0 Å². The van der Waals surface area contributed by atoms with Crippen LogP contribution < -0.4 is 0 Å². The summed E-state index contributed by atoms with van der Waals surface area (Å²) in [5.41, 5.74) is 3.71. The van der Waals surface area contributed by atoms with E-state index in [4.69, 9.17) is 9.15 Å². The molecule has 4 nitrogen and oxygen atoms in total. The second-order valence-electron chi connectivity index (χ2n) is 7.13. The molecule has 0 fully saturated rings. The summed E-state index contributed by atoms with van der Waals surface area (Å²) >= 11 is 0. The summed E-state index contributed by atoms with van der Waals surface area (Å²) in [5, 5.41) is 0. The van der Waals surface area contributed by atoms with Crippen LogP contribution in [0.25, 0.3) is 11.5 Å². The van der Waals surface area contributed by atoms with E-state index in [-0.39, 0.29) is 24.9 Å². The molecule has 4 rings (SSSR count). The first kappa shape index (κ1) is 19.6. The van der Waals surface area contributed by atoms with Gasteiger partial charge in [-0.25, -0.2) is 4.98 Å². The van der Waals surface area contributed by atoms with Crippen molar-refractivity contribution in [1.82, 2.24) is 4.98 Å². The molecule has 0 atom stereocenters. The van der Waals surface area contributed by atoms with E-state index in [2.05, 4.69) is 4.98 Å². The van der Waals surface area contributed by atoms with Gasteiger partial charge in [0, 0.05) is 11.5 Å². The van der Waals surface area contributed by atoms with Crippen LogP contribution in [0.4, 0.5) is 0 Å². The van der Waals surface area contributed by atoms with Gasteiger partial charge >= 0.3 is 5.97 Å². The van der Waals surface area contributed by atoms with Crippen molar-refractivity contribution in [2.45, 2.75) is 25.9 Å². The number of hydrogen-bond donors (Lipinski definition) is 0. The monoisotopic (exact) mass is 397 g/mol. The third-order valence-corrected chi connectivity index (χ3v) is 5.06. The Balaban J connectivity index is 1.45. The summed E-state index contributed by atoms with van der Waals surface area (Å²) < 4.78 is 11.3. The third kappa shape index (κ3) is 4.66. The van der Waals surface area contributed by atoms with E-state index >= 15 is 0 Å². The van der Waals surface area contributed by atoms with Crippen molar-refractivity contribution >= 4 is 5.97 Å². The van der Waals surface area contributed by atoms with Crippen molar-refractivity contribution in [3.63, 3.8) is 0 Å². The Labute approximate surface area is 176 Å². The van der Waals surface area contributed by atoms with Crippen molar-refractivity contribution in [2.24, 2.45) is 0 Å². The zero-order valence-electron chi connectivity index (χ0n) is 16.8. The van der Waals surface area contributed by atoms with Gasteiger partial charge in [-0.2, -0.15) is 0 Å². The van der Waals surface area contributed by atoms with E-state index in [0.29, 0.717) is 17.3 Å². The Morgan fingerprint density at radius 1 is 0.867 bits per heavy atom. The molecule has 0 aliphatic rings. The molecule has 0 aliphatic heterocycles. The SMILES string of the molecule is Cc1oc(-c2ccccc2)nc1COC(=O)CC(c1ccccc1)c1ccccc1. The molecule has 0 bridgehead atoms. The molecule has 1 aromatic heterocycles. The minimum Gasteiger partial charge on any atom is -0.459 e. The van der Waals surface area contributed by atoms with Crippen LogP contribution in [0.2, 0.25) is 0 Å². The van der Waals surface area contributed by atoms with Crippen LogP contribution in [-0.2, 0) is 16.1 Å². The molecule has 0 saturated carbocycles. The Hall–Kier alpha value is -3.66. The molecule has 0 spiro atoms. The van der Waals surface area contributed by atoms with Gasteiger partial charge < -0.3 is 9.15 Å². The Morgan fingerprint density at radius 3 is 1.97 bits per heavy atom. The first-order valence-electron chi connectivity index (χ1n) is 9.98. The number of carbonyl (C=O) groups excluding carboxylic acids is 1. The van der Waals surface area contributed by atoms with Gasteiger partial charge in [0.25, 0.3) is 0 Å². The van der Waals surface area contributed by atoms with Crippen molar-refractivity contribution in [2.75, 3.05) is 0 Å². The van der Waals surface area contributed by atoms with Gasteiger partial charge in [0.1, 0.15) is 18.1 Å². The molecule has 0 amide bonds. The molecule has 0 saturated heterocycles. The second kappa shape index (κ2) is 9.23. The molecule has 1 heterocycles. The molecule has 4 heteroatoms. The van der Waals surface area contributed by atoms with Crippen molar-refractivity contribution in [1.29, 1.82) is 0 Å². The van der Waals surface area contributed by atoms with Crippen LogP contribution in [0.15, 0.2) is 95.4 Å². The Morgan fingerprint density at radius 2 is 1.40 bits per heavy atom. The summed E-state index contributed by atoms with van der Waals surface area (Å²) in [6.45, 7) is 1.93. The molecule has 30 heavy (non-hydrogen) atoms. The highest BCUT2D eigenvalue weighted by Gasteiger charge is 2.20. The number of esters is 1. The van der Waals surface area contributed by atoms with Gasteiger partial charge in [-0.3, -0.25) is 4.79 Å². The first-order valence-corrected chi connectivity index (χ1v) is 9.98. The second-order valence-corrected chi connectivity index (χ2v) is 7.13. The van der Waals surface area contributed by atoms with Gasteiger partial charge in [-0.05, 0) is 30.2 Å². The number of benzene rings is 3. The highest BCUT2D eigenvalue weighted by molar-refractivity contribution is 5.71. The average molecular weight is 397 g/mol. The summed E-state index contributed by atoms with van der Waals surface area (Å²) in [6, 6.07) is 29.7. The molecule has 0 N–H and O–H groups in total. The lowest BCUT2D eigenvalue weighted by Crippen LogP contribution is -2.12. The predicted octanol–water partition coefficient (Wildman–Crippen LogP) is 5.92. The van der Waals surface area contributed by atoms with Crippen molar-refractivity contribution < 1.29 is 13.9 Å². The summed E-state index contributed by atoms with van der Waals surface area (Å²) in [6.07, 6.45) is 0.260. The number of nitrogens with zero attached hydrogens (tertiary/aromatic N) is 1. The molecular weight excluding hydrogens is 374 g/mol. The minimum absolute atomic E-state index is 0.0572. The molecule has 3 aromatic carbocycles.